The second-order valence-electron chi connectivity index (χ2n) is 5.54. The summed E-state index contributed by atoms with van der Waals surface area (Å²) in [6.45, 7) is 3.88. The minimum Gasteiger partial charge on any atom is -0.457 e. The molecule has 5 nitrogen and oxygen atoms in total. The number of benzene rings is 2. The highest BCUT2D eigenvalue weighted by Crippen LogP contribution is 2.25. The predicted molar refractivity (Wildman–Crippen MR) is 100 cm³/mol. The van der Waals surface area contributed by atoms with Gasteiger partial charge in [-0.15, -0.1) is 11.8 Å². The van der Waals surface area contributed by atoms with E-state index in [-0.39, 0.29) is 5.91 Å². The number of aromatic nitrogens is 2. The summed E-state index contributed by atoms with van der Waals surface area (Å²) in [6.07, 6.45) is 0. The number of anilines is 1. The topological polar surface area (TPSA) is 67.0 Å². The molecule has 0 aliphatic heterocycles. The maximum absolute atomic E-state index is 12.1. The van der Waals surface area contributed by atoms with Crippen molar-refractivity contribution < 1.29 is 9.53 Å². The molecule has 0 saturated heterocycles. The monoisotopic (exact) mass is 353 g/mol. The first-order valence-electron chi connectivity index (χ1n) is 7.89. The van der Waals surface area contributed by atoms with Gasteiger partial charge in [0.15, 0.2) is 0 Å². The van der Waals surface area contributed by atoms with Crippen LogP contribution >= 0.6 is 11.8 Å². The zero-order valence-corrected chi connectivity index (χ0v) is 14.9. The van der Waals surface area contributed by atoms with Crippen molar-refractivity contribution in [3.05, 3.63) is 66.0 Å². The number of aryl methyl sites for hydroxylation is 2. The number of nitrogens with zero attached hydrogens (tertiary/aromatic N) is 1. The van der Waals surface area contributed by atoms with Crippen molar-refractivity contribution in [1.82, 2.24) is 10.2 Å². The fourth-order valence-corrected chi connectivity index (χ4v) is 3.18. The van der Waals surface area contributed by atoms with Gasteiger partial charge in [0.1, 0.15) is 11.5 Å². The highest BCUT2D eigenvalue weighted by Gasteiger charge is 2.10. The summed E-state index contributed by atoms with van der Waals surface area (Å²) in [5.74, 6) is 1.79. The highest BCUT2D eigenvalue weighted by atomic mass is 32.2. The van der Waals surface area contributed by atoms with E-state index in [0.29, 0.717) is 5.75 Å². The number of hydrogen-bond acceptors (Lipinski definition) is 4. The van der Waals surface area contributed by atoms with Gasteiger partial charge < -0.3 is 10.1 Å². The van der Waals surface area contributed by atoms with Gasteiger partial charge in [0.05, 0.1) is 16.3 Å². The number of thioether (sulfide) groups is 1. The van der Waals surface area contributed by atoms with Gasteiger partial charge in [0.2, 0.25) is 5.91 Å². The third-order valence-electron chi connectivity index (χ3n) is 3.53. The summed E-state index contributed by atoms with van der Waals surface area (Å²) in [5, 5.41) is 9.94. The summed E-state index contributed by atoms with van der Waals surface area (Å²) < 4.78 is 5.73. The molecular weight excluding hydrogens is 334 g/mol. The Labute approximate surface area is 150 Å². The van der Waals surface area contributed by atoms with Gasteiger partial charge >= 0.3 is 0 Å². The van der Waals surface area contributed by atoms with Crippen LogP contribution in [0.4, 0.5) is 5.69 Å². The Bertz CT molecular complexity index is 825. The molecule has 0 bridgehead atoms. The normalized spacial score (nSPS) is 10.5. The molecule has 1 amide bonds. The fraction of sp³-hybridized carbons (Fsp3) is 0.158. The Morgan fingerprint density at radius 3 is 2.40 bits per heavy atom. The standard InChI is InChI=1S/C19H19N3O2S/c1-13-19(14(2)22-21-13)25-12-18(23)20-15-8-10-17(11-9-15)24-16-6-4-3-5-7-16/h3-11H,12H2,1-2H3,(H,20,23)(H,21,22). The molecule has 0 radical (unpaired) electrons. The number of hydrogen-bond donors (Lipinski definition) is 2. The molecule has 6 heteroatoms. The van der Waals surface area contributed by atoms with Crippen molar-refractivity contribution >= 4 is 23.4 Å². The molecule has 3 rings (SSSR count). The number of para-hydroxylation sites is 1. The van der Waals surface area contributed by atoms with Crippen molar-refractivity contribution in [2.45, 2.75) is 18.7 Å². The maximum atomic E-state index is 12.1. The first kappa shape index (κ1) is 17.1. The number of carbonyl (C=O) groups excluding carboxylic acids is 1. The third-order valence-corrected chi connectivity index (χ3v) is 4.82. The van der Waals surface area contributed by atoms with Crippen LogP contribution < -0.4 is 10.1 Å². The molecule has 2 aromatic carbocycles. The van der Waals surface area contributed by atoms with Crippen molar-refractivity contribution in [2.75, 3.05) is 11.1 Å². The number of nitrogens with one attached hydrogen (secondary N) is 2. The van der Waals surface area contributed by atoms with Gasteiger partial charge in [-0.2, -0.15) is 5.10 Å². The lowest BCUT2D eigenvalue weighted by molar-refractivity contribution is -0.113. The van der Waals surface area contributed by atoms with E-state index in [4.69, 9.17) is 4.74 Å². The van der Waals surface area contributed by atoms with Gasteiger partial charge in [-0.05, 0) is 50.2 Å². The molecule has 1 heterocycles. The van der Waals surface area contributed by atoms with E-state index >= 15 is 0 Å². The molecule has 2 N–H and O–H groups in total. The van der Waals surface area contributed by atoms with Crippen LogP contribution in [0.5, 0.6) is 11.5 Å². The lowest BCUT2D eigenvalue weighted by Gasteiger charge is -2.08. The van der Waals surface area contributed by atoms with Crippen molar-refractivity contribution in [3.63, 3.8) is 0 Å². The van der Waals surface area contributed by atoms with Crippen LogP contribution in [0.1, 0.15) is 11.4 Å². The SMILES string of the molecule is Cc1n[nH]c(C)c1SCC(=O)Nc1ccc(Oc2ccccc2)cc1. The molecule has 128 valence electrons. The molecule has 25 heavy (non-hydrogen) atoms. The number of H-pyrrole nitrogens is 1. The number of rotatable bonds is 6. The number of carbonyl (C=O) groups is 1. The van der Waals surface area contributed by atoms with Crippen LogP contribution in [0.3, 0.4) is 0 Å². The van der Waals surface area contributed by atoms with E-state index in [1.807, 2.05) is 68.4 Å². The number of ether oxygens (including phenoxy) is 1. The summed E-state index contributed by atoms with van der Waals surface area (Å²) in [7, 11) is 0. The van der Waals surface area contributed by atoms with Crippen LogP contribution in [0.25, 0.3) is 0 Å². The Balaban J connectivity index is 1.53. The second kappa shape index (κ2) is 7.90. The molecule has 0 unspecified atom stereocenters. The highest BCUT2D eigenvalue weighted by molar-refractivity contribution is 8.00. The lowest BCUT2D eigenvalue weighted by atomic mass is 10.3. The van der Waals surface area contributed by atoms with E-state index in [1.165, 1.54) is 11.8 Å². The van der Waals surface area contributed by atoms with Gasteiger partial charge in [-0.1, -0.05) is 18.2 Å². The molecular formula is C19H19N3O2S. The van der Waals surface area contributed by atoms with Crippen molar-refractivity contribution in [3.8, 4) is 11.5 Å². The van der Waals surface area contributed by atoms with Crippen LogP contribution in [0, 0.1) is 13.8 Å². The van der Waals surface area contributed by atoms with Gasteiger partial charge in [-0.25, -0.2) is 0 Å². The number of aromatic amines is 1. The lowest BCUT2D eigenvalue weighted by Crippen LogP contribution is -2.14. The first-order chi connectivity index (χ1) is 12.1. The molecule has 0 saturated carbocycles. The fourth-order valence-electron chi connectivity index (χ4n) is 2.32. The van der Waals surface area contributed by atoms with Crippen LogP contribution in [0.2, 0.25) is 0 Å². The summed E-state index contributed by atoms with van der Waals surface area (Å²) >= 11 is 1.48. The summed E-state index contributed by atoms with van der Waals surface area (Å²) in [4.78, 5) is 13.1. The third kappa shape index (κ3) is 4.64. The van der Waals surface area contributed by atoms with E-state index in [1.54, 1.807) is 0 Å². The molecule has 1 aromatic heterocycles. The molecule has 0 aliphatic rings. The number of amides is 1. The Morgan fingerprint density at radius 2 is 1.76 bits per heavy atom. The van der Waals surface area contributed by atoms with Crippen molar-refractivity contribution in [2.24, 2.45) is 0 Å². The molecule has 0 aliphatic carbocycles. The molecule has 3 aromatic rings. The average Bonchev–Trinajstić information content (AvgIpc) is 2.94. The largest absolute Gasteiger partial charge is 0.457 e. The van der Waals surface area contributed by atoms with E-state index in [0.717, 1.165) is 33.5 Å². The molecule has 0 fully saturated rings. The summed E-state index contributed by atoms with van der Waals surface area (Å²) in [5.41, 5.74) is 2.64. The van der Waals surface area contributed by atoms with E-state index in [2.05, 4.69) is 15.5 Å². The van der Waals surface area contributed by atoms with Gasteiger partial charge in [0, 0.05) is 11.4 Å². The maximum Gasteiger partial charge on any atom is 0.234 e. The molecule has 0 atom stereocenters. The van der Waals surface area contributed by atoms with Gasteiger partial charge in [0.25, 0.3) is 0 Å². The second-order valence-corrected chi connectivity index (χ2v) is 6.53. The minimum absolute atomic E-state index is 0.0540. The first-order valence-corrected chi connectivity index (χ1v) is 8.87. The average molecular weight is 353 g/mol. The zero-order chi connectivity index (χ0) is 17.6. The van der Waals surface area contributed by atoms with E-state index in [9.17, 15) is 4.79 Å². The van der Waals surface area contributed by atoms with Crippen LogP contribution in [-0.4, -0.2) is 21.9 Å². The smallest absolute Gasteiger partial charge is 0.234 e. The molecule has 0 spiro atoms. The minimum atomic E-state index is -0.0540. The summed E-state index contributed by atoms with van der Waals surface area (Å²) in [6, 6.07) is 16.9. The zero-order valence-electron chi connectivity index (χ0n) is 14.1. The Kier molecular flexibility index (Phi) is 5.40. The quantitative estimate of drug-likeness (QED) is 0.638. The van der Waals surface area contributed by atoms with Crippen LogP contribution in [-0.2, 0) is 4.79 Å². The Morgan fingerprint density at radius 1 is 1.08 bits per heavy atom. The van der Waals surface area contributed by atoms with E-state index < -0.39 is 0 Å². The Hall–Kier alpha value is -2.73. The van der Waals surface area contributed by atoms with Gasteiger partial charge in [-0.3, -0.25) is 9.89 Å². The van der Waals surface area contributed by atoms with Crippen molar-refractivity contribution in [1.29, 1.82) is 0 Å². The van der Waals surface area contributed by atoms with Crippen LogP contribution in [0.15, 0.2) is 59.5 Å². The predicted octanol–water partition coefficient (Wildman–Crippen LogP) is 4.55.